The molecule has 4 rings (SSSR count). The molecule has 0 aliphatic carbocycles. The molecule has 1 saturated heterocycles. The molecule has 0 bridgehead atoms. The van der Waals surface area contributed by atoms with E-state index in [0.717, 1.165) is 16.3 Å². The third-order valence-corrected chi connectivity index (χ3v) is 5.65. The van der Waals surface area contributed by atoms with Crippen molar-refractivity contribution in [2.75, 3.05) is 4.90 Å². The Morgan fingerprint density at radius 3 is 2.45 bits per heavy atom. The molecule has 0 spiro atoms. The highest BCUT2D eigenvalue weighted by Gasteiger charge is 2.37. The van der Waals surface area contributed by atoms with Crippen molar-refractivity contribution in [1.29, 1.82) is 0 Å². The van der Waals surface area contributed by atoms with Crippen LogP contribution in [-0.4, -0.2) is 27.4 Å². The van der Waals surface area contributed by atoms with Crippen molar-refractivity contribution < 1.29 is 14.4 Å². The van der Waals surface area contributed by atoms with Crippen molar-refractivity contribution in [3.05, 3.63) is 81.2 Å². The van der Waals surface area contributed by atoms with Crippen molar-refractivity contribution in [1.82, 2.24) is 14.9 Å². The number of imide groups is 2. The van der Waals surface area contributed by atoms with Crippen molar-refractivity contribution in [2.45, 2.75) is 13.8 Å². The lowest BCUT2D eigenvalue weighted by atomic mass is 10.1. The van der Waals surface area contributed by atoms with Crippen LogP contribution >= 0.6 is 23.2 Å². The zero-order valence-electron chi connectivity index (χ0n) is 16.5. The molecule has 156 valence electrons. The van der Waals surface area contributed by atoms with E-state index >= 15 is 0 Å². The summed E-state index contributed by atoms with van der Waals surface area (Å²) < 4.78 is 1.92. The van der Waals surface area contributed by atoms with Crippen LogP contribution < -0.4 is 10.2 Å². The Balaban J connectivity index is 1.77. The van der Waals surface area contributed by atoms with Gasteiger partial charge in [0.2, 0.25) is 0 Å². The standard InChI is InChI=1S/C22H16Cl2N4O3/c1-12-9-14(13(2)27(12)19-5-3-4-8-25-19)10-16-20(29)26-22(31)28(21(16)30)15-6-7-17(23)18(24)11-15/h3-11H,1-2H3,(H,26,29,31)/b16-10+. The summed E-state index contributed by atoms with van der Waals surface area (Å²) in [4.78, 5) is 43.2. The van der Waals surface area contributed by atoms with Crippen molar-refractivity contribution in [2.24, 2.45) is 0 Å². The van der Waals surface area contributed by atoms with E-state index in [0.29, 0.717) is 11.4 Å². The molecule has 9 heteroatoms. The molecule has 1 fully saturated rings. The summed E-state index contributed by atoms with van der Waals surface area (Å²) in [5, 5.41) is 2.66. The molecule has 0 saturated carbocycles. The third-order valence-electron chi connectivity index (χ3n) is 4.91. The molecule has 1 aliphatic heterocycles. The Morgan fingerprint density at radius 2 is 1.77 bits per heavy atom. The monoisotopic (exact) mass is 454 g/mol. The summed E-state index contributed by atoms with van der Waals surface area (Å²) in [6.07, 6.45) is 3.15. The molecule has 3 aromatic rings. The maximum atomic E-state index is 13.1. The molecular formula is C22H16Cl2N4O3. The lowest BCUT2D eigenvalue weighted by Gasteiger charge is -2.26. The van der Waals surface area contributed by atoms with Crippen LogP contribution in [0, 0.1) is 13.8 Å². The molecule has 0 radical (unpaired) electrons. The number of anilines is 1. The van der Waals surface area contributed by atoms with Crippen LogP contribution in [-0.2, 0) is 9.59 Å². The highest BCUT2D eigenvalue weighted by molar-refractivity contribution is 6.43. The van der Waals surface area contributed by atoms with Crippen LogP contribution in [0.2, 0.25) is 10.0 Å². The number of rotatable bonds is 3. The van der Waals surface area contributed by atoms with Gasteiger partial charge in [-0.05, 0) is 61.9 Å². The number of hydrogen-bond donors (Lipinski definition) is 1. The number of nitrogens with zero attached hydrogens (tertiary/aromatic N) is 3. The quantitative estimate of drug-likeness (QED) is 0.467. The fraction of sp³-hybridized carbons (Fsp3) is 0.0909. The molecule has 0 atom stereocenters. The van der Waals surface area contributed by atoms with Crippen LogP contribution in [0.3, 0.4) is 0 Å². The van der Waals surface area contributed by atoms with Crippen molar-refractivity contribution in [3.8, 4) is 5.82 Å². The molecular weight excluding hydrogens is 439 g/mol. The molecule has 1 N–H and O–H groups in total. The number of pyridine rings is 1. The van der Waals surface area contributed by atoms with Crippen LogP contribution in [0.4, 0.5) is 10.5 Å². The van der Waals surface area contributed by atoms with E-state index in [2.05, 4.69) is 10.3 Å². The number of hydrogen-bond acceptors (Lipinski definition) is 4. The number of aryl methyl sites for hydroxylation is 1. The summed E-state index contributed by atoms with van der Waals surface area (Å²) in [6, 6.07) is 10.9. The number of nitrogens with one attached hydrogen (secondary N) is 1. The fourth-order valence-electron chi connectivity index (χ4n) is 3.44. The van der Waals surface area contributed by atoms with E-state index in [4.69, 9.17) is 23.2 Å². The first-order chi connectivity index (χ1) is 14.8. The largest absolute Gasteiger partial charge is 0.335 e. The van der Waals surface area contributed by atoms with Gasteiger partial charge >= 0.3 is 6.03 Å². The summed E-state index contributed by atoms with van der Waals surface area (Å²) in [7, 11) is 0. The first-order valence-electron chi connectivity index (χ1n) is 9.25. The highest BCUT2D eigenvalue weighted by Crippen LogP contribution is 2.30. The second-order valence-electron chi connectivity index (χ2n) is 6.91. The third kappa shape index (κ3) is 3.73. The zero-order valence-corrected chi connectivity index (χ0v) is 18.0. The zero-order chi connectivity index (χ0) is 22.3. The average Bonchev–Trinajstić information content (AvgIpc) is 3.01. The van der Waals surface area contributed by atoms with Gasteiger partial charge < -0.3 is 4.57 Å². The van der Waals surface area contributed by atoms with Crippen LogP contribution in [0.15, 0.2) is 54.2 Å². The minimum atomic E-state index is -0.857. The molecule has 31 heavy (non-hydrogen) atoms. The summed E-state index contributed by atoms with van der Waals surface area (Å²) >= 11 is 12.0. The predicted molar refractivity (Wildman–Crippen MR) is 119 cm³/mol. The first-order valence-corrected chi connectivity index (χ1v) is 10.0. The lowest BCUT2D eigenvalue weighted by Crippen LogP contribution is -2.54. The van der Waals surface area contributed by atoms with Gasteiger partial charge in [0, 0.05) is 17.6 Å². The van der Waals surface area contributed by atoms with Gasteiger partial charge in [0.05, 0.1) is 15.7 Å². The van der Waals surface area contributed by atoms with E-state index in [-0.39, 0.29) is 21.3 Å². The topological polar surface area (TPSA) is 84.3 Å². The molecule has 1 aliphatic rings. The van der Waals surface area contributed by atoms with Gasteiger partial charge in [-0.25, -0.2) is 14.7 Å². The molecule has 2 aromatic heterocycles. The number of halogens is 2. The van der Waals surface area contributed by atoms with Gasteiger partial charge in [-0.2, -0.15) is 0 Å². The molecule has 1 aromatic carbocycles. The Hall–Kier alpha value is -3.42. The predicted octanol–water partition coefficient (Wildman–Crippen LogP) is 4.46. The maximum Gasteiger partial charge on any atom is 0.335 e. The smallest absolute Gasteiger partial charge is 0.303 e. The Morgan fingerprint density at radius 1 is 1.00 bits per heavy atom. The number of benzene rings is 1. The number of carbonyl (C=O) groups is 3. The SMILES string of the molecule is Cc1cc(/C=C2\C(=O)NC(=O)N(c3ccc(Cl)c(Cl)c3)C2=O)c(C)n1-c1ccccn1. The Bertz CT molecular complexity index is 1270. The van der Waals surface area contributed by atoms with Gasteiger partial charge in [-0.3, -0.25) is 14.9 Å². The van der Waals surface area contributed by atoms with Gasteiger partial charge in [-0.15, -0.1) is 0 Å². The molecule has 7 nitrogen and oxygen atoms in total. The summed E-state index contributed by atoms with van der Waals surface area (Å²) in [6.45, 7) is 3.76. The minimum Gasteiger partial charge on any atom is -0.303 e. The Kier molecular flexibility index (Phi) is 5.39. The van der Waals surface area contributed by atoms with Gasteiger partial charge in [0.15, 0.2) is 0 Å². The highest BCUT2D eigenvalue weighted by atomic mass is 35.5. The van der Waals surface area contributed by atoms with Crippen molar-refractivity contribution >= 4 is 52.8 Å². The van der Waals surface area contributed by atoms with Crippen LogP contribution in [0.25, 0.3) is 11.9 Å². The number of barbiturate groups is 1. The first kappa shape index (κ1) is 20.8. The van der Waals surface area contributed by atoms with Gasteiger partial charge in [0.25, 0.3) is 11.8 Å². The van der Waals surface area contributed by atoms with E-state index in [1.807, 2.05) is 42.7 Å². The summed E-state index contributed by atoms with van der Waals surface area (Å²) in [5.41, 5.74) is 2.36. The van der Waals surface area contributed by atoms with Crippen LogP contribution in [0.5, 0.6) is 0 Å². The van der Waals surface area contributed by atoms with Gasteiger partial charge in [0.1, 0.15) is 11.4 Å². The normalized spacial score (nSPS) is 15.5. The number of aromatic nitrogens is 2. The number of carbonyl (C=O) groups excluding carboxylic acids is 3. The number of urea groups is 1. The number of amides is 4. The van der Waals surface area contributed by atoms with Gasteiger partial charge in [-0.1, -0.05) is 29.3 Å². The Labute approximate surface area is 187 Å². The van der Waals surface area contributed by atoms with Crippen LogP contribution in [0.1, 0.15) is 17.0 Å². The molecule has 4 amide bonds. The van der Waals surface area contributed by atoms with E-state index in [1.54, 1.807) is 6.20 Å². The fourth-order valence-corrected chi connectivity index (χ4v) is 3.74. The molecule has 3 heterocycles. The second-order valence-corrected chi connectivity index (χ2v) is 7.72. The lowest BCUT2D eigenvalue weighted by molar-refractivity contribution is -0.122. The van der Waals surface area contributed by atoms with E-state index in [9.17, 15) is 14.4 Å². The van der Waals surface area contributed by atoms with E-state index in [1.165, 1.54) is 24.3 Å². The summed E-state index contributed by atoms with van der Waals surface area (Å²) in [5.74, 6) is -0.807. The van der Waals surface area contributed by atoms with E-state index < -0.39 is 17.8 Å². The van der Waals surface area contributed by atoms with Crippen molar-refractivity contribution in [3.63, 3.8) is 0 Å². The molecule has 0 unspecified atom stereocenters. The average molecular weight is 455 g/mol. The minimum absolute atomic E-state index is 0.174. The maximum absolute atomic E-state index is 13.1. The second kappa shape index (κ2) is 8.02.